The van der Waals surface area contributed by atoms with E-state index in [0.29, 0.717) is 6.42 Å². The number of rotatable bonds is 3. The Balaban J connectivity index is 0.00000196. The molecule has 1 aromatic carbocycles. The van der Waals surface area contributed by atoms with E-state index in [2.05, 4.69) is 0 Å². The van der Waals surface area contributed by atoms with Gasteiger partial charge in [0.2, 0.25) is 0 Å². The van der Waals surface area contributed by atoms with Crippen molar-refractivity contribution in [2.75, 3.05) is 0 Å². The first-order chi connectivity index (χ1) is 6.57. The van der Waals surface area contributed by atoms with Crippen molar-refractivity contribution in [2.45, 2.75) is 25.8 Å². The number of hydrogen-bond donors (Lipinski definition) is 1. The highest BCUT2D eigenvalue weighted by molar-refractivity contribution is 5.85. The fraction of sp³-hybridized carbons (Fsp3) is 0.400. The average molecular weight is 240 g/mol. The highest BCUT2D eigenvalue weighted by atomic mass is 35.5. The molecule has 0 aromatic heterocycles. The maximum absolute atomic E-state index is 13.1. The lowest BCUT2D eigenvalue weighted by molar-refractivity contribution is 0.433. The molecule has 5 heteroatoms. The number of hydrogen-bond acceptors (Lipinski definition) is 1. The van der Waals surface area contributed by atoms with Crippen LogP contribution < -0.4 is 5.73 Å². The van der Waals surface area contributed by atoms with E-state index in [1.807, 2.05) is 6.92 Å². The SMILES string of the molecule is CCC[C@@H](N)c1ccc(F)c(F)c1F.Cl. The first-order valence-corrected chi connectivity index (χ1v) is 4.46. The third-order valence-corrected chi connectivity index (χ3v) is 2.06. The summed E-state index contributed by atoms with van der Waals surface area (Å²) in [5.41, 5.74) is 5.63. The molecule has 1 rings (SSSR count). The van der Waals surface area contributed by atoms with Crippen LogP contribution in [-0.4, -0.2) is 0 Å². The highest BCUT2D eigenvalue weighted by Crippen LogP contribution is 2.22. The van der Waals surface area contributed by atoms with Gasteiger partial charge < -0.3 is 5.73 Å². The molecule has 2 N–H and O–H groups in total. The Labute approximate surface area is 92.9 Å². The van der Waals surface area contributed by atoms with Crippen molar-refractivity contribution in [1.29, 1.82) is 0 Å². The summed E-state index contributed by atoms with van der Waals surface area (Å²) in [5, 5.41) is 0. The Hall–Kier alpha value is -0.740. The lowest BCUT2D eigenvalue weighted by Crippen LogP contribution is -2.13. The molecule has 1 atom stereocenters. The number of halogens is 4. The molecule has 0 aliphatic carbocycles. The van der Waals surface area contributed by atoms with Crippen molar-refractivity contribution in [3.05, 3.63) is 35.1 Å². The fourth-order valence-electron chi connectivity index (χ4n) is 1.29. The van der Waals surface area contributed by atoms with Crippen LogP contribution in [0.15, 0.2) is 12.1 Å². The van der Waals surface area contributed by atoms with E-state index in [-0.39, 0.29) is 18.0 Å². The molecule has 0 aliphatic rings. The van der Waals surface area contributed by atoms with E-state index >= 15 is 0 Å². The summed E-state index contributed by atoms with van der Waals surface area (Å²) in [7, 11) is 0. The predicted octanol–water partition coefficient (Wildman–Crippen LogP) is 3.33. The summed E-state index contributed by atoms with van der Waals surface area (Å²) in [4.78, 5) is 0. The highest BCUT2D eigenvalue weighted by Gasteiger charge is 2.17. The van der Waals surface area contributed by atoms with Crippen LogP contribution in [0.25, 0.3) is 0 Å². The van der Waals surface area contributed by atoms with Crippen LogP contribution in [0.5, 0.6) is 0 Å². The molecule has 0 unspecified atom stereocenters. The van der Waals surface area contributed by atoms with E-state index in [1.54, 1.807) is 0 Å². The van der Waals surface area contributed by atoms with Crippen molar-refractivity contribution in [3.63, 3.8) is 0 Å². The second-order valence-electron chi connectivity index (χ2n) is 3.16. The zero-order valence-corrected chi connectivity index (χ0v) is 9.08. The Morgan fingerprint density at radius 3 is 2.33 bits per heavy atom. The Bertz CT molecular complexity index is 331. The van der Waals surface area contributed by atoms with Crippen LogP contribution in [-0.2, 0) is 0 Å². The molecule has 0 bridgehead atoms. The number of nitrogens with two attached hydrogens (primary N) is 1. The van der Waals surface area contributed by atoms with Gasteiger partial charge in [0.1, 0.15) is 0 Å². The van der Waals surface area contributed by atoms with Crippen LogP contribution in [0, 0.1) is 17.5 Å². The Morgan fingerprint density at radius 1 is 1.20 bits per heavy atom. The third-order valence-electron chi connectivity index (χ3n) is 2.06. The first kappa shape index (κ1) is 14.3. The molecule has 0 amide bonds. The molecule has 1 aromatic rings. The summed E-state index contributed by atoms with van der Waals surface area (Å²) in [6.45, 7) is 1.89. The standard InChI is InChI=1S/C10H12F3N.ClH/c1-2-3-8(14)6-4-5-7(11)10(13)9(6)12;/h4-5,8H,2-3,14H2,1H3;1H/t8-;/m1./s1. The van der Waals surface area contributed by atoms with Gasteiger partial charge in [0.15, 0.2) is 17.5 Å². The minimum absolute atomic E-state index is 0. The van der Waals surface area contributed by atoms with E-state index < -0.39 is 23.5 Å². The van der Waals surface area contributed by atoms with Crippen molar-refractivity contribution >= 4 is 12.4 Å². The van der Waals surface area contributed by atoms with Crippen molar-refractivity contribution in [2.24, 2.45) is 5.73 Å². The smallest absolute Gasteiger partial charge is 0.194 e. The Kier molecular flexibility index (Phi) is 5.68. The zero-order chi connectivity index (χ0) is 10.7. The van der Waals surface area contributed by atoms with Gasteiger partial charge in [-0.1, -0.05) is 19.4 Å². The van der Waals surface area contributed by atoms with Gasteiger partial charge in [0.25, 0.3) is 0 Å². The molecule has 86 valence electrons. The van der Waals surface area contributed by atoms with Gasteiger partial charge in [-0.05, 0) is 12.5 Å². The second-order valence-corrected chi connectivity index (χ2v) is 3.16. The molecular formula is C10H13ClF3N. The average Bonchev–Trinajstić information content (AvgIpc) is 2.15. The molecule has 0 radical (unpaired) electrons. The summed E-state index contributed by atoms with van der Waals surface area (Å²) in [6.07, 6.45) is 1.31. The molecule has 0 aliphatic heterocycles. The van der Waals surface area contributed by atoms with E-state index in [0.717, 1.165) is 12.5 Å². The minimum Gasteiger partial charge on any atom is -0.324 e. The van der Waals surface area contributed by atoms with Crippen LogP contribution in [0.3, 0.4) is 0 Å². The second kappa shape index (κ2) is 5.98. The molecule has 0 spiro atoms. The van der Waals surface area contributed by atoms with Gasteiger partial charge in [-0.3, -0.25) is 0 Å². The van der Waals surface area contributed by atoms with Crippen LogP contribution in [0.2, 0.25) is 0 Å². The normalized spacial score (nSPS) is 12.1. The maximum Gasteiger partial charge on any atom is 0.194 e. The molecule has 0 saturated heterocycles. The van der Waals surface area contributed by atoms with Gasteiger partial charge in [-0.25, -0.2) is 13.2 Å². The van der Waals surface area contributed by atoms with Gasteiger partial charge >= 0.3 is 0 Å². The molecule has 15 heavy (non-hydrogen) atoms. The molecule has 0 heterocycles. The summed E-state index contributed by atoms with van der Waals surface area (Å²) >= 11 is 0. The molecule has 0 fully saturated rings. The van der Waals surface area contributed by atoms with Gasteiger partial charge in [-0.2, -0.15) is 0 Å². The van der Waals surface area contributed by atoms with E-state index in [4.69, 9.17) is 5.73 Å². The van der Waals surface area contributed by atoms with Crippen molar-refractivity contribution in [3.8, 4) is 0 Å². The summed E-state index contributed by atoms with van der Waals surface area (Å²) in [6, 6.07) is 1.51. The lowest BCUT2D eigenvalue weighted by atomic mass is 10.0. The molecule has 1 nitrogen and oxygen atoms in total. The Morgan fingerprint density at radius 2 is 1.80 bits per heavy atom. The van der Waals surface area contributed by atoms with Crippen LogP contribution in [0.4, 0.5) is 13.2 Å². The largest absolute Gasteiger partial charge is 0.324 e. The van der Waals surface area contributed by atoms with E-state index in [1.165, 1.54) is 6.07 Å². The third kappa shape index (κ3) is 3.11. The van der Waals surface area contributed by atoms with Crippen LogP contribution >= 0.6 is 12.4 Å². The molecule has 0 saturated carbocycles. The predicted molar refractivity (Wildman–Crippen MR) is 55.4 cm³/mol. The summed E-state index contributed by atoms with van der Waals surface area (Å²) < 4.78 is 38.5. The quantitative estimate of drug-likeness (QED) is 0.805. The van der Waals surface area contributed by atoms with Gasteiger partial charge in [0, 0.05) is 11.6 Å². The topological polar surface area (TPSA) is 26.0 Å². The first-order valence-electron chi connectivity index (χ1n) is 4.46. The van der Waals surface area contributed by atoms with Gasteiger partial charge in [-0.15, -0.1) is 12.4 Å². The van der Waals surface area contributed by atoms with Crippen molar-refractivity contribution < 1.29 is 13.2 Å². The van der Waals surface area contributed by atoms with Crippen molar-refractivity contribution in [1.82, 2.24) is 0 Å². The van der Waals surface area contributed by atoms with Crippen LogP contribution in [0.1, 0.15) is 31.4 Å². The summed E-state index contributed by atoms with van der Waals surface area (Å²) in [5.74, 6) is -3.81. The fourth-order valence-corrected chi connectivity index (χ4v) is 1.29. The van der Waals surface area contributed by atoms with E-state index in [9.17, 15) is 13.2 Å². The van der Waals surface area contributed by atoms with Gasteiger partial charge in [0.05, 0.1) is 0 Å². The lowest BCUT2D eigenvalue weighted by Gasteiger charge is -2.11. The monoisotopic (exact) mass is 239 g/mol. The maximum atomic E-state index is 13.1. The molecular weight excluding hydrogens is 227 g/mol. The minimum atomic E-state index is -1.45. The zero-order valence-electron chi connectivity index (χ0n) is 8.27. The number of benzene rings is 1.